The molecule has 0 bridgehead atoms. The summed E-state index contributed by atoms with van der Waals surface area (Å²) in [6.07, 6.45) is 0.141. The highest BCUT2D eigenvalue weighted by Crippen LogP contribution is 2.27. The maximum Gasteiger partial charge on any atom is 0.310 e. The third-order valence-electron chi connectivity index (χ3n) is 4.68. The van der Waals surface area contributed by atoms with Gasteiger partial charge in [-0.2, -0.15) is 0 Å². The first-order chi connectivity index (χ1) is 12.8. The van der Waals surface area contributed by atoms with Crippen molar-refractivity contribution in [2.75, 3.05) is 16.8 Å². The molecule has 2 N–H and O–H groups in total. The molecule has 7 heteroatoms. The monoisotopic (exact) mass is 386 g/mol. The van der Waals surface area contributed by atoms with Crippen LogP contribution in [0.3, 0.4) is 0 Å². The lowest BCUT2D eigenvalue weighted by atomic mass is 10.0. The second-order valence-electron chi connectivity index (χ2n) is 6.55. The number of carbonyl (C=O) groups excluding carboxylic acids is 2. The number of hydrogen-bond donors (Lipinski definition) is 2. The van der Waals surface area contributed by atoms with Crippen LogP contribution >= 0.6 is 11.6 Å². The van der Waals surface area contributed by atoms with E-state index in [1.165, 1.54) is 0 Å². The predicted octanol–water partition coefficient (Wildman–Crippen LogP) is 3.52. The Morgan fingerprint density at radius 3 is 2.37 bits per heavy atom. The minimum Gasteiger partial charge on any atom is -0.481 e. The van der Waals surface area contributed by atoms with Gasteiger partial charge < -0.3 is 15.3 Å². The van der Waals surface area contributed by atoms with Crippen LogP contribution in [0.25, 0.3) is 0 Å². The summed E-state index contributed by atoms with van der Waals surface area (Å²) in [5.41, 5.74) is 1.94. The highest BCUT2D eigenvalue weighted by atomic mass is 35.5. The third kappa shape index (κ3) is 4.28. The topological polar surface area (TPSA) is 86.7 Å². The van der Waals surface area contributed by atoms with Crippen LogP contribution in [0, 0.1) is 5.92 Å². The van der Waals surface area contributed by atoms with Crippen molar-refractivity contribution in [1.82, 2.24) is 0 Å². The fourth-order valence-corrected chi connectivity index (χ4v) is 3.12. The standard InChI is InChI=1S/C20H19ClN2O4/c1-12(20(26)27)13-2-6-16(7-3-13)22-19(25)14-10-18(24)23(11-14)17-8-4-15(21)5-9-17/h2-9,12,14H,10-11H2,1H3,(H,22,25)(H,26,27). The van der Waals surface area contributed by atoms with Crippen molar-refractivity contribution in [3.05, 3.63) is 59.1 Å². The SMILES string of the molecule is CC(C(=O)O)c1ccc(NC(=O)C2CC(=O)N(c3ccc(Cl)cc3)C2)cc1. The maximum atomic E-state index is 12.5. The molecule has 2 aromatic rings. The van der Waals surface area contributed by atoms with Crippen LogP contribution in [0.15, 0.2) is 48.5 Å². The van der Waals surface area contributed by atoms with Crippen molar-refractivity contribution in [3.8, 4) is 0 Å². The molecule has 2 aromatic carbocycles. The minimum atomic E-state index is -0.904. The molecule has 2 unspecified atom stereocenters. The van der Waals surface area contributed by atoms with Gasteiger partial charge in [0.2, 0.25) is 11.8 Å². The molecule has 1 fully saturated rings. The highest BCUT2D eigenvalue weighted by Gasteiger charge is 2.35. The molecule has 0 spiro atoms. The maximum absolute atomic E-state index is 12.5. The van der Waals surface area contributed by atoms with Gasteiger partial charge in [0.25, 0.3) is 0 Å². The zero-order chi connectivity index (χ0) is 19.6. The molecule has 1 heterocycles. The van der Waals surface area contributed by atoms with E-state index in [0.29, 0.717) is 28.5 Å². The van der Waals surface area contributed by atoms with Crippen molar-refractivity contribution in [1.29, 1.82) is 0 Å². The highest BCUT2D eigenvalue weighted by molar-refractivity contribution is 6.30. The molecule has 0 aromatic heterocycles. The van der Waals surface area contributed by atoms with Crippen molar-refractivity contribution >= 4 is 40.8 Å². The van der Waals surface area contributed by atoms with Crippen LogP contribution in [0.2, 0.25) is 5.02 Å². The Bertz CT molecular complexity index is 865. The quantitative estimate of drug-likeness (QED) is 0.823. The largest absolute Gasteiger partial charge is 0.481 e. The van der Waals surface area contributed by atoms with E-state index >= 15 is 0 Å². The number of hydrogen-bond acceptors (Lipinski definition) is 3. The third-order valence-corrected chi connectivity index (χ3v) is 4.93. The van der Waals surface area contributed by atoms with Gasteiger partial charge in [0, 0.05) is 29.4 Å². The summed E-state index contributed by atoms with van der Waals surface area (Å²) in [4.78, 5) is 37.4. The van der Waals surface area contributed by atoms with Crippen molar-refractivity contribution < 1.29 is 19.5 Å². The molecule has 1 aliphatic heterocycles. The van der Waals surface area contributed by atoms with Gasteiger partial charge in [-0.25, -0.2) is 0 Å². The number of carboxylic acids is 1. The number of anilines is 2. The summed E-state index contributed by atoms with van der Waals surface area (Å²) >= 11 is 5.87. The van der Waals surface area contributed by atoms with Gasteiger partial charge in [0.15, 0.2) is 0 Å². The van der Waals surface area contributed by atoms with Gasteiger partial charge in [-0.05, 0) is 48.9 Å². The van der Waals surface area contributed by atoms with Gasteiger partial charge in [-0.15, -0.1) is 0 Å². The molecule has 1 aliphatic rings. The average molecular weight is 387 g/mol. The first-order valence-corrected chi connectivity index (χ1v) is 8.92. The van der Waals surface area contributed by atoms with Gasteiger partial charge >= 0.3 is 5.97 Å². The van der Waals surface area contributed by atoms with E-state index in [1.807, 2.05) is 0 Å². The van der Waals surface area contributed by atoms with Crippen molar-refractivity contribution in [3.63, 3.8) is 0 Å². The molecule has 6 nitrogen and oxygen atoms in total. The molecule has 0 saturated carbocycles. The van der Waals surface area contributed by atoms with Gasteiger partial charge in [0.1, 0.15) is 0 Å². The van der Waals surface area contributed by atoms with Crippen LogP contribution < -0.4 is 10.2 Å². The lowest BCUT2D eigenvalue weighted by molar-refractivity contribution is -0.138. The van der Waals surface area contributed by atoms with E-state index in [2.05, 4.69) is 5.32 Å². The average Bonchev–Trinajstić information content (AvgIpc) is 3.04. The summed E-state index contributed by atoms with van der Waals surface area (Å²) in [5.74, 6) is -2.32. The zero-order valence-corrected chi connectivity index (χ0v) is 15.4. The van der Waals surface area contributed by atoms with E-state index in [4.69, 9.17) is 16.7 Å². The Balaban J connectivity index is 1.64. The number of rotatable bonds is 5. The smallest absolute Gasteiger partial charge is 0.310 e. The lowest BCUT2D eigenvalue weighted by Crippen LogP contribution is -2.28. The molecule has 2 amide bonds. The molecular formula is C20H19ClN2O4. The number of carbonyl (C=O) groups is 3. The zero-order valence-electron chi connectivity index (χ0n) is 14.7. The van der Waals surface area contributed by atoms with Crippen LogP contribution in [-0.4, -0.2) is 29.4 Å². The molecule has 0 radical (unpaired) electrons. The Hall–Kier alpha value is -2.86. The lowest BCUT2D eigenvalue weighted by Gasteiger charge is -2.17. The van der Waals surface area contributed by atoms with E-state index in [1.54, 1.807) is 60.4 Å². The number of nitrogens with zero attached hydrogens (tertiary/aromatic N) is 1. The summed E-state index contributed by atoms with van der Waals surface area (Å²) in [6.45, 7) is 1.91. The van der Waals surface area contributed by atoms with Crippen LogP contribution in [-0.2, 0) is 14.4 Å². The van der Waals surface area contributed by atoms with Crippen molar-refractivity contribution in [2.45, 2.75) is 19.3 Å². The van der Waals surface area contributed by atoms with E-state index < -0.39 is 17.8 Å². The van der Waals surface area contributed by atoms with Crippen molar-refractivity contribution in [2.24, 2.45) is 5.92 Å². The molecule has 0 aliphatic carbocycles. The van der Waals surface area contributed by atoms with Crippen LogP contribution in [0.4, 0.5) is 11.4 Å². The molecule has 1 saturated heterocycles. The van der Waals surface area contributed by atoms with Gasteiger partial charge in [-0.1, -0.05) is 23.7 Å². The first-order valence-electron chi connectivity index (χ1n) is 8.54. The number of aliphatic carboxylic acids is 1. The van der Waals surface area contributed by atoms with Crippen LogP contribution in [0.5, 0.6) is 0 Å². The summed E-state index contributed by atoms with van der Waals surface area (Å²) in [6, 6.07) is 13.6. The Morgan fingerprint density at radius 1 is 1.15 bits per heavy atom. The molecule has 140 valence electrons. The number of nitrogens with one attached hydrogen (secondary N) is 1. The summed E-state index contributed by atoms with van der Waals surface area (Å²) in [7, 11) is 0. The Morgan fingerprint density at radius 2 is 1.78 bits per heavy atom. The summed E-state index contributed by atoms with van der Waals surface area (Å²) < 4.78 is 0. The van der Waals surface area contributed by atoms with E-state index in [9.17, 15) is 14.4 Å². The fourth-order valence-electron chi connectivity index (χ4n) is 3.00. The molecule has 27 heavy (non-hydrogen) atoms. The fraction of sp³-hybridized carbons (Fsp3) is 0.250. The number of amides is 2. The van der Waals surface area contributed by atoms with Gasteiger partial charge in [-0.3, -0.25) is 14.4 Å². The van der Waals surface area contributed by atoms with E-state index in [-0.39, 0.29) is 18.2 Å². The second-order valence-corrected chi connectivity index (χ2v) is 6.99. The van der Waals surface area contributed by atoms with Gasteiger partial charge in [0.05, 0.1) is 11.8 Å². The number of benzene rings is 2. The minimum absolute atomic E-state index is 0.108. The Kier molecular flexibility index (Phi) is 5.46. The predicted molar refractivity (Wildman–Crippen MR) is 103 cm³/mol. The van der Waals surface area contributed by atoms with E-state index in [0.717, 1.165) is 0 Å². The normalized spacial score (nSPS) is 17.6. The number of halogens is 1. The molecule has 3 rings (SSSR count). The Labute approximate surface area is 161 Å². The second kappa shape index (κ2) is 7.80. The van der Waals surface area contributed by atoms with Crippen LogP contribution in [0.1, 0.15) is 24.8 Å². The molecular weight excluding hydrogens is 368 g/mol. The first kappa shape index (κ1) is 18.9. The summed E-state index contributed by atoms with van der Waals surface area (Å²) in [5, 5.41) is 12.4. The number of carboxylic acid groups (broad SMARTS) is 1. The molecule has 2 atom stereocenters.